The summed E-state index contributed by atoms with van der Waals surface area (Å²) in [7, 11) is 0. The molecular formula is C19H18N2O3. The Balaban J connectivity index is 1.34. The van der Waals surface area contributed by atoms with Gasteiger partial charge in [-0.1, -0.05) is 42.5 Å². The molecule has 1 saturated heterocycles. The summed E-state index contributed by atoms with van der Waals surface area (Å²) in [4.78, 5) is 37.7. The molecule has 1 N–H and O–H groups in total. The molecule has 2 saturated carbocycles. The van der Waals surface area contributed by atoms with Crippen LogP contribution in [0.1, 0.15) is 12.0 Å². The fourth-order valence-electron chi connectivity index (χ4n) is 5.01. The highest BCUT2D eigenvalue weighted by atomic mass is 16.2. The maximum Gasteiger partial charge on any atom is 0.252 e. The van der Waals surface area contributed by atoms with Crippen LogP contribution in [0.15, 0.2) is 42.5 Å². The lowest BCUT2D eigenvalue weighted by Crippen LogP contribution is -2.47. The summed E-state index contributed by atoms with van der Waals surface area (Å²) in [5.74, 6) is 0.173. The molecule has 3 amide bonds. The quantitative estimate of drug-likeness (QED) is 0.674. The van der Waals surface area contributed by atoms with Crippen LogP contribution in [0.5, 0.6) is 0 Å². The number of hydrogen-bond donors (Lipinski definition) is 1. The number of nitrogens with zero attached hydrogens (tertiary/aromatic N) is 1. The molecule has 24 heavy (non-hydrogen) atoms. The van der Waals surface area contributed by atoms with E-state index in [0.29, 0.717) is 11.8 Å². The van der Waals surface area contributed by atoms with Crippen molar-refractivity contribution in [2.75, 3.05) is 0 Å². The van der Waals surface area contributed by atoms with Crippen LogP contribution in [0.2, 0.25) is 0 Å². The van der Waals surface area contributed by atoms with Crippen molar-refractivity contribution in [2.45, 2.75) is 12.8 Å². The summed E-state index contributed by atoms with van der Waals surface area (Å²) in [5.41, 5.74) is 3.41. The number of imide groups is 1. The Labute approximate surface area is 139 Å². The SMILES string of the molecule is O=C(Cc1ccccc1)NN1C(=O)[C@@H]2[C@H]3C=C[C@@H]([C@@H]4C[C@@H]34)[C@H]2C1=O. The third-order valence-electron chi connectivity index (χ3n) is 6.11. The molecule has 0 aromatic heterocycles. The first-order valence-corrected chi connectivity index (χ1v) is 8.54. The van der Waals surface area contributed by atoms with Crippen LogP contribution in [-0.2, 0) is 20.8 Å². The molecule has 5 heteroatoms. The lowest BCUT2D eigenvalue weighted by Gasteiger charge is -2.37. The minimum atomic E-state index is -0.327. The highest BCUT2D eigenvalue weighted by molar-refractivity contribution is 6.07. The summed E-state index contributed by atoms with van der Waals surface area (Å²) in [6, 6.07) is 9.31. The second kappa shape index (κ2) is 4.79. The van der Waals surface area contributed by atoms with Gasteiger partial charge in [-0.2, -0.15) is 5.01 Å². The third kappa shape index (κ3) is 1.84. The van der Waals surface area contributed by atoms with Crippen LogP contribution >= 0.6 is 0 Å². The third-order valence-corrected chi connectivity index (χ3v) is 6.11. The van der Waals surface area contributed by atoms with E-state index in [2.05, 4.69) is 17.6 Å². The van der Waals surface area contributed by atoms with E-state index >= 15 is 0 Å². The molecular weight excluding hydrogens is 304 g/mol. The van der Waals surface area contributed by atoms with Gasteiger partial charge in [0.1, 0.15) is 0 Å². The minimum Gasteiger partial charge on any atom is -0.273 e. The number of rotatable bonds is 3. The molecule has 0 spiro atoms. The first-order valence-electron chi connectivity index (χ1n) is 8.54. The standard InChI is InChI=1S/C19H18N2O3/c22-15(8-10-4-2-1-3-5-10)20-21-18(23)16-11-6-7-12(14-9-13(11)14)17(16)19(21)24/h1-7,11-14,16-17H,8-9H2,(H,20,22)/t11-,12-,13-,14-,16+,17+/m0/s1. The number of carbonyl (C=O) groups excluding carboxylic acids is 3. The second-order valence-corrected chi connectivity index (χ2v) is 7.36. The molecule has 1 heterocycles. The topological polar surface area (TPSA) is 66.5 Å². The predicted molar refractivity (Wildman–Crippen MR) is 84.8 cm³/mol. The van der Waals surface area contributed by atoms with Gasteiger partial charge in [0.2, 0.25) is 5.91 Å². The zero-order valence-corrected chi connectivity index (χ0v) is 13.1. The number of hydrogen-bond acceptors (Lipinski definition) is 3. The maximum atomic E-state index is 12.7. The first kappa shape index (κ1) is 14.0. The Hall–Kier alpha value is -2.43. The number of carbonyl (C=O) groups is 3. The van der Waals surface area contributed by atoms with Crippen molar-refractivity contribution < 1.29 is 14.4 Å². The number of benzene rings is 1. The molecule has 6 atom stereocenters. The van der Waals surface area contributed by atoms with Crippen LogP contribution in [0.4, 0.5) is 0 Å². The van der Waals surface area contributed by atoms with Crippen molar-refractivity contribution >= 4 is 17.7 Å². The molecule has 5 aliphatic rings. The van der Waals surface area contributed by atoms with Crippen molar-refractivity contribution in [1.82, 2.24) is 10.4 Å². The normalized spacial score (nSPS) is 38.1. The van der Waals surface area contributed by atoms with Gasteiger partial charge < -0.3 is 0 Å². The molecule has 6 rings (SSSR count). The summed E-state index contributed by atoms with van der Waals surface area (Å²) >= 11 is 0. The number of allylic oxidation sites excluding steroid dienone is 2. The Morgan fingerprint density at radius 1 is 1.00 bits per heavy atom. The summed E-state index contributed by atoms with van der Waals surface area (Å²) in [6.07, 6.45) is 5.54. The van der Waals surface area contributed by atoms with Gasteiger partial charge in [-0.15, -0.1) is 0 Å². The van der Waals surface area contributed by atoms with Gasteiger partial charge in [0.15, 0.2) is 0 Å². The van der Waals surface area contributed by atoms with Crippen molar-refractivity contribution in [3.63, 3.8) is 0 Å². The van der Waals surface area contributed by atoms with E-state index in [1.807, 2.05) is 30.3 Å². The van der Waals surface area contributed by atoms with Gasteiger partial charge >= 0.3 is 0 Å². The molecule has 1 aromatic rings. The number of amides is 3. The highest BCUT2D eigenvalue weighted by Crippen LogP contribution is 2.65. The molecule has 0 radical (unpaired) electrons. The Kier molecular flexibility index (Phi) is 2.78. The minimum absolute atomic E-state index is 0.156. The van der Waals surface area contributed by atoms with Crippen molar-refractivity contribution in [2.24, 2.45) is 35.5 Å². The van der Waals surface area contributed by atoms with E-state index < -0.39 is 0 Å². The predicted octanol–water partition coefficient (Wildman–Crippen LogP) is 1.31. The van der Waals surface area contributed by atoms with Crippen molar-refractivity contribution in [3.8, 4) is 0 Å². The summed E-state index contributed by atoms with van der Waals surface area (Å²) in [5, 5.41) is 0.998. The summed E-state index contributed by atoms with van der Waals surface area (Å²) < 4.78 is 0. The number of hydrazine groups is 1. The number of nitrogens with one attached hydrogen (secondary N) is 1. The molecule has 4 aliphatic carbocycles. The van der Waals surface area contributed by atoms with Crippen LogP contribution < -0.4 is 5.43 Å². The summed E-state index contributed by atoms with van der Waals surface area (Å²) in [6.45, 7) is 0. The van der Waals surface area contributed by atoms with Gasteiger partial charge in [-0.05, 0) is 35.7 Å². The molecule has 3 fully saturated rings. The monoisotopic (exact) mass is 322 g/mol. The molecule has 122 valence electrons. The van der Waals surface area contributed by atoms with Gasteiger partial charge in [-0.25, -0.2) is 0 Å². The Bertz CT molecular complexity index is 736. The Morgan fingerprint density at radius 3 is 2.17 bits per heavy atom. The van der Waals surface area contributed by atoms with Gasteiger partial charge in [-0.3, -0.25) is 19.8 Å². The van der Waals surface area contributed by atoms with E-state index in [1.165, 1.54) is 0 Å². The van der Waals surface area contributed by atoms with Gasteiger partial charge in [0.05, 0.1) is 18.3 Å². The average molecular weight is 322 g/mol. The molecule has 5 nitrogen and oxygen atoms in total. The lowest BCUT2D eigenvalue weighted by atomic mass is 9.63. The van der Waals surface area contributed by atoms with Gasteiger partial charge in [0, 0.05) is 0 Å². The highest BCUT2D eigenvalue weighted by Gasteiger charge is 2.67. The van der Waals surface area contributed by atoms with Gasteiger partial charge in [0.25, 0.3) is 11.8 Å². The maximum absolute atomic E-state index is 12.7. The smallest absolute Gasteiger partial charge is 0.252 e. The van der Waals surface area contributed by atoms with Crippen molar-refractivity contribution in [3.05, 3.63) is 48.0 Å². The molecule has 0 unspecified atom stereocenters. The fraction of sp³-hybridized carbons (Fsp3) is 0.421. The van der Waals surface area contributed by atoms with E-state index in [4.69, 9.17) is 0 Å². The van der Waals surface area contributed by atoms with Crippen LogP contribution in [0.25, 0.3) is 0 Å². The van der Waals surface area contributed by atoms with Crippen LogP contribution in [0.3, 0.4) is 0 Å². The van der Waals surface area contributed by atoms with E-state index in [9.17, 15) is 14.4 Å². The average Bonchev–Trinajstić information content (AvgIpc) is 3.37. The van der Waals surface area contributed by atoms with Crippen LogP contribution in [0, 0.1) is 35.5 Å². The molecule has 1 aromatic carbocycles. The molecule has 2 bridgehead atoms. The lowest BCUT2D eigenvalue weighted by molar-refractivity contribution is -0.149. The van der Waals surface area contributed by atoms with Crippen molar-refractivity contribution in [1.29, 1.82) is 0 Å². The largest absolute Gasteiger partial charge is 0.273 e. The van der Waals surface area contributed by atoms with E-state index in [-0.39, 0.29) is 47.8 Å². The zero-order valence-electron chi connectivity index (χ0n) is 13.1. The van der Waals surface area contributed by atoms with E-state index in [1.54, 1.807) is 0 Å². The zero-order chi connectivity index (χ0) is 16.4. The first-order chi connectivity index (χ1) is 11.6. The molecule has 1 aliphatic heterocycles. The van der Waals surface area contributed by atoms with Crippen LogP contribution in [-0.4, -0.2) is 22.7 Å². The van der Waals surface area contributed by atoms with E-state index in [0.717, 1.165) is 17.0 Å². The fourth-order valence-corrected chi connectivity index (χ4v) is 5.01. The second-order valence-electron chi connectivity index (χ2n) is 7.36. The Morgan fingerprint density at radius 2 is 1.58 bits per heavy atom.